The molecule has 100 valence electrons. The van der Waals surface area contributed by atoms with Crippen molar-refractivity contribution >= 4 is 0 Å². The van der Waals surface area contributed by atoms with Crippen molar-refractivity contribution in [1.29, 1.82) is 10.5 Å². The molecule has 0 saturated heterocycles. The van der Waals surface area contributed by atoms with Gasteiger partial charge in [-0.3, -0.25) is 0 Å². The fourth-order valence-electron chi connectivity index (χ4n) is 1.39. The first-order valence-corrected chi connectivity index (χ1v) is 4.56. The minimum absolute atomic E-state index is 0.0175. The van der Waals surface area contributed by atoms with Crippen LogP contribution in [0.4, 0.5) is 26.3 Å². The predicted octanol–water partition coefficient (Wildman–Crippen LogP) is 3.06. The second-order valence-electron chi connectivity index (χ2n) is 3.32. The number of aromatic nitrogens is 1. The summed E-state index contributed by atoms with van der Waals surface area (Å²) in [6.45, 7) is 0. The zero-order chi connectivity index (χ0) is 14.8. The lowest BCUT2D eigenvalue weighted by atomic mass is 9.99. The van der Waals surface area contributed by atoms with Gasteiger partial charge in [-0.05, 0) is 5.56 Å². The molecule has 0 saturated carbocycles. The predicted molar refractivity (Wildman–Crippen MR) is 48.3 cm³/mol. The minimum atomic E-state index is -5.07. The third-order valence-corrected chi connectivity index (χ3v) is 2.13. The molecule has 3 nitrogen and oxygen atoms in total. The van der Waals surface area contributed by atoms with Crippen LogP contribution in [0.5, 0.6) is 0 Å². The van der Waals surface area contributed by atoms with E-state index in [1.54, 1.807) is 0 Å². The van der Waals surface area contributed by atoms with Crippen LogP contribution in [0, 0.1) is 22.7 Å². The molecule has 0 fully saturated rings. The van der Waals surface area contributed by atoms with E-state index in [2.05, 4.69) is 4.98 Å². The molecule has 1 rings (SSSR count). The van der Waals surface area contributed by atoms with Crippen molar-refractivity contribution in [1.82, 2.24) is 4.98 Å². The first-order chi connectivity index (χ1) is 8.62. The van der Waals surface area contributed by atoms with Gasteiger partial charge in [-0.1, -0.05) is 0 Å². The van der Waals surface area contributed by atoms with Gasteiger partial charge >= 0.3 is 12.4 Å². The second kappa shape index (κ2) is 4.76. The topological polar surface area (TPSA) is 60.5 Å². The summed E-state index contributed by atoms with van der Waals surface area (Å²) in [6.07, 6.45) is -11.0. The van der Waals surface area contributed by atoms with Crippen molar-refractivity contribution in [3.05, 3.63) is 28.6 Å². The first kappa shape index (κ1) is 14.8. The molecule has 1 aromatic heterocycles. The Morgan fingerprint density at radius 2 is 1.63 bits per heavy atom. The summed E-state index contributed by atoms with van der Waals surface area (Å²) in [7, 11) is 0. The van der Waals surface area contributed by atoms with Gasteiger partial charge in [0.15, 0.2) is 5.69 Å². The Labute approximate surface area is 102 Å². The highest BCUT2D eigenvalue weighted by atomic mass is 19.4. The summed E-state index contributed by atoms with van der Waals surface area (Å²) >= 11 is 0. The maximum atomic E-state index is 12.6. The third kappa shape index (κ3) is 2.94. The molecule has 0 atom stereocenters. The number of hydrogen-bond donors (Lipinski definition) is 0. The van der Waals surface area contributed by atoms with E-state index < -0.39 is 41.2 Å². The van der Waals surface area contributed by atoms with Gasteiger partial charge in [-0.2, -0.15) is 36.9 Å². The van der Waals surface area contributed by atoms with Crippen LogP contribution in [0.3, 0.4) is 0 Å². The number of alkyl halides is 6. The normalized spacial score (nSPS) is 11.8. The Hall–Kier alpha value is -2.29. The zero-order valence-electron chi connectivity index (χ0n) is 8.89. The Kier molecular flexibility index (Phi) is 3.70. The molecule has 1 heterocycles. The first-order valence-electron chi connectivity index (χ1n) is 4.56. The number of rotatable bonds is 1. The summed E-state index contributed by atoms with van der Waals surface area (Å²) in [5.74, 6) is 0. The van der Waals surface area contributed by atoms with Gasteiger partial charge in [0.05, 0.1) is 23.6 Å². The standard InChI is InChI=1S/C10H3F6N3/c11-9(12,13)7-4-19-8(10(14,15)16)6(3-18)5(7)1-2-17/h4H,1H2. The Morgan fingerprint density at radius 3 is 2.00 bits per heavy atom. The van der Waals surface area contributed by atoms with Gasteiger partial charge in [-0.25, -0.2) is 4.98 Å². The molecule has 9 heteroatoms. The van der Waals surface area contributed by atoms with Gasteiger partial charge < -0.3 is 0 Å². The van der Waals surface area contributed by atoms with Gasteiger partial charge in [0.25, 0.3) is 0 Å². The second-order valence-corrected chi connectivity index (χ2v) is 3.32. The molecule has 0 radical (unpaired) electrons. The van der Waals surface area contributed by atoms with E-state index in [0.29, 0.717) is 0 Å². The van der Waals surface area contributed by atoms with Crippen molar-refractivity contribution in [3.63, 3.8) is 0 Å². The fraction of sp³-hybridized carbons (Fsp3) is 0.300. The van der Waals surface area contributed by atoms with Crippen LogP contribution in [-0.4, -0.2) is 4.98 Å². The summed E-state index contributed by atoms with van der Waals surface area (Å²) in [5, 5.41) is 17.0. The molecule has 0 aliphatic rings. The lowest BCUT2D eigenvalue weighted by Crippen LogP contribution is -2.18. The average Bonchev–Trinajstić information content (AvgIpc) is 2.26. The summed E-state index contributed by atoms with van der Waals surface area (Å²) < 4.78 is 75.2. The number of nitriles is 2. The van der Waals surface area contributed by atoms with Crippen molar-refractivity contribution in [2.45, 2.75) is 18.8 Å². The lowest BCUT2D eigenvalue weighted by molar-refractivity contribution is -0.145. The molecule has 1 aromatic rings. The van der Waals surface area contributed by atoms with Crippen LogP contribution >= 0.6 is 0 Å². The van der Waals surface area contributed by atoms with E-state index in [4.69, 9.17) is 10.5 Å². The minimum Gasteiger partial charge on any atom is -0.250 e. The highest BCUT2D eigenvalue weighted by Gasteiger charge is 2.41. The van der Waals surface area contributed by atoms with Crippen molar-refractivity contribution in [3.8, 4) is 12.1 Å². The van der Waals surface area contributed by atoms with Crippen molar-refractivity contribution in [2.24, 2.45) is 0 Å². The number of nitrogens with zero attached hydrogens (tertiary/aromatic N) is 3. The van der Waals surface area contributed by atoms with E-state index in [1.165, 1.54) is 6.07 Å². The van der Waals surface area contributed by atoms with E-state index in [9.17, 15) is 26.3 Å². The fourth-order valence-corrected chi connectivity index (χ4v) is 1.39. The molecule has 0 unspecified atom stereocenters. The summed E-state index contributed by atoms with van der Waals surface area (Å²) in [4.78, 5) is 2.65. The van der Waals surface area contributed by atoms with E-state index in [0.717, 1.165) is 6.07 Å². The van der Waals surface area contributed by atoms with Gasteiger partial charge in [0, 0.05) is 6.20 Å². The molecule has 0 spiro atoms. The van der Waals surface area contributed by atoms with E-state index in [-0.39, 0.29) is 6.20 Å². The van der Waals surface area contributed by atoms with Crippen molar-refractivity contribution in [2.75, 3.05) is 0 Å². The lowest BCUT2D eigenvalue weighted by Gasteiger charge is -2.15. The Bertz CT molecular complexity index is 573. The van der Waals surface area contributed by atoms with Crippen LogP contribution < -0.4 is 0 Å². The van der Waals surface area contributed by atoms with Gasteiger partial charge in [0.1, 0.15) is 6.07 Å². The third-order valence-electron chi connectivity index (χ3n) is 2.13. The molecule has 0 aliphatic carbocycles. The number of pyridine rings is 1. The maximum absolute atomic E-state index is 12.6. The summed E-state index contributed by atoms with van der Waals surface area (Å²) in [6, 6.07) is 2.34. The van der Waals surface area contributed by atoms with E-state index in [1.807, 2.05) is 0 Å². The van der Waals surface area contributed by atoms with Gasteiger partial charge in [-0.15, -0.1) is 0 Å². The van der Waals surface area contributed by atoms with Crippen molar-refractivity contribution < 1.29 is 26.3 Å². The van der Waals surface area contributed by atoms with Crippen LogP contribution in [0.15, 0.2) is 6.20 Å². The van der Waals surface area contributed by atoms with Crippen LogP contribution in [0.25, 0.3) is 0 Å². The molecular weight excluding hydrogens is 276 g/mol. The molecular formula is C10H3F6N3. The smallest absolute Gasteiger partial charge is 0.250 e. The van der Waals surface area contributed by atoms with E-state index >= 15 is 0 Å². The van der Waals surface area contributed by atoms with Crippen LogP contribution in [-0.2, 0) is 18.8 Å². The number of halogens is 6. The van der Waals surface area contributed by atoms with Gasteiger partial charge in [0.2, 0.25) is 0 Å². The summed E-state index contributed by atoms with van der Waals surface area (Å²) in [5.41, 5.74) is -5.53. The molecule has 0 bridgehead atoms. The molecule has 0 aromatic carbocycles. The number of hydrogen-bond acceptors (Lipinski definition) is 3. The molecule has 19 heavy (non-hydrogen) atoms. The highest BCUT2D eigenvalue weighted by Crippen LogP contribution is 2.37. The zero-order valence-corrected chi connectivity index (χ0v) is 8.89. The average molecular weight is 279 g/mol. The monoisotopic (exact) mass is 279 g/mol. The molecule has 0 aliphatic heterocycles. The maximum Gasteiger partial charge on any atom is 0.434 e. The quantitative estimate of drug-likeness (QED) is 0.742. The van der Waals surface area contributed by atoms with Crippen LogP contribution in [0.1, 0.15) is 22.4 Å². The Morgan fingerprint density at radius 1 is 1.05 bits per heavy atom. The van der Waals surface area contributed by atoms with Crippen LogP contribution in [0.2, 0.25) is 0 Å². The SMILES string of the molecule is N#CCc1c(C(F)(F)F)cnc(C(F)(F)F)c1C#N. The molecule has 0 N–H and O–H groups in total. The molecule has 0 amide bonds. The largest absolute Gasteiger partial charge is 0.434 e. The highest BCUT2D eigenvalue weighted by molar-refractivity contribution is 5.48. The Balaban J connectivity index is 3.69.